The van der Waals surface area contributed by atoms with E-state index in [1.165, 1.54) is 0 Å². The minimum Gasteiger partial charge on any atom is -0.776 e. The third-order valence-electron chi connectivity index (χ3n) is 0.625. The molecule has 6 heteroatoms. The molecule has 0 aromatic rings. The minimum atomic E-state index is -3.72. The van der Waals surface area contributed by atoms with Crippen LogP contribution in [0.4, 0.5) is 0 Å². The summed E-state index contributed by atoms with van der Waals surface area (Å²) in [5.74, 6) is 0.852. The molecule has 60 valence electrons. The van der Waals surface area contributed by atoms with E-state index in [0.717, 1.165) is 5.82 Å². The van der Waals surface area contributed by atoms with Crippen molar-refractivity contribution in [3.63, 3.8) is 0 Å². The second-order valence-electron chi connectivity index (χ2n) is 2.93. The first kappa shape index (κ1) is 14.2. The van der Waals surface area contributed by atoms with Gasteiger partial charge in [0.05, 0.1) is 0 Å². The molecule has 1 unspecified atom stereocenters. The van der Waals surface area contributed by atoms with Crippen molar-refractivity contribution in [1.29, 1.82) is 0 Å². The Morgan fingerprint density at radius 3 is 2.00 bits per heavy atom. The monoisotopic (exact) mass is 186 g/mol. The van der Waals surface area contributed by atoms with Gasteiger partial charge in [0.1, 0.15) is 7.60 Å². The standard InChI is InChI=1S/C5H13O3PSi.Li/c1-5-9(6,7)8-10(2,3)4;/h5H,1H2,2-4H3,(H,6,7);/q;+1/p-1. The summed E-state index contributed by atoms with van der Waals surface area (Å²) >= 11 is 0. The molecule has 0 bridgehead atoms. The first-order chi connectivity index (χ1) is 4.27. The zero-order chi connectivity index (χ0) is 8.41. The van der Waals surface area contributed by atoms with Crippen molar-refractivity contribution < 1.29 is 32.5 Å². The number of hydrogen-bond acceptors (Lipinski definition) is 3. The third-order valence-corrected chi connectivity index (χ3v) is 4.28. The van der Waals surface area contributed by atoms with E-state index in [0.29, 0.717) is 0 Å². The van der Waals surface area contributed by atoms with Crippen molar-refractivity contribution in [2.45, 2.75) is 19.6 Å². The average Bonchev–Trinajstić information content (AvgIpc) is 1.60. The van der Waals surface area contributed by atoms with E-state index in [9.17, 15) is 9.46 Å². The molecule has 0 heterocycles. The van der Waals surface area contributed by atoms with E-state index in [1.807, 2.05) is 0 Å². The predicted molar refractivity (Wildman–Crippen MR) is 42.2 cm³/mol. The molecule has 1 atom stereocenters. The maximum Gasteiger partial charge on any atom is 1.00 e. The largest absolute Gasteiger partial charge is 1.00 e. The molecule has 0 aliphatic rings. The summed E-state index contributed by atoms with van der Waals surface area (Å²) in [6, 6.07) is 0. The van der Waals surface area contributed by atoms with Crippen molar-refractivity contribution in [2.24, 2.45) is 0 Å². The van der Waals surface area contributed by atoms with Gasteiger partial charge in [-0.25, -0.2) is 0 Å². The van der Waals surface area contributed by atoms with Gasteiger partial charge >= 0.3 is 18.9 Å². The third kappa shape index (κ3) is 8.61. The van der Waals surface area contributed by atoms with Crippen molar-refractivity contribution in [2.75, 3.05) is 0 Å². The molecule has 0 rings (SSSR count). The summed E-state index contributed by atoms with van der Waals surface area (Å²) < 4.78 is 15.5. The Morgan fingerprint density at radius 2 is 1.91 bits per heavy atom. The van der Waals surface area contributed by atoms with Gasteiger partial charge in [0, 0.05) is 0 Å². The molecule has 0 aromatic heterocycles. The van der Waals surface area contributed by atoms with E-state index >= 15 is 0 Å². The van der Waals surface area contributed by atoms with E-state index in [2.05, 4.69) is 6.58 Å². The normalized spacial score (nSPS) is 16.4. The minimum absolute atomic E-state index is 0. The van der Waals surface area contributed by atoms with E-state index in [4.69, 9.17) is 4.21 Å². The molecule has 0 N–H and O–H groups in total. The smallest absolute Gasteiger partial charge is 0.776 e. The maximum atomic E-state index is 10.7. The van der Waals surface area contributed by atoms with Gasteiger partial charge in [-0.05, 0) is 25.5 Å². The fourth-order valence-corrected chi connectivity index (χ4v) is 3.77. The summed E-state index contributed by atoms with van der Waals surface area (Å²) in [6.07, 6.45) is 0. The van der Waals surface area contributed by atoms with Gasteiger partial charge in [-0.15, -0.1) is 0 Å². The van der Waals surface area contributed by atoms with Gasteiger partial charge in [0.25, 0.3) is 0 Å². The van der Waals surface area contributed by atoms with Crippen LogP contribution in [-0.2, 0) is 8.78 Å². The molecular weight excluding hydrogens is 174 g/mol. The number of hydrogen-bond donors (Lipinski definition) is 0. The van der Waals surface area contributed by atoms with Crippen LogP contribution in [0.3, 0.4) is 0 Å². The fourth-order valence-electron chi connectivity index (χ4n) is 0.419. The topological polar surface area (TPSA) is 49.4 Å². The summed E-state index contributed by atoms with van der Waals surface area (Å²) in [7, 11) is -5.68. The van der Waals surface area contributed by atoms with Crippen molar-refractivity contribution >= 4 is 15.9 Å². The Morgan fingerprint density at radius 1 is 1.55 bits per heavy atom. The van der Waals surface area contributed by atoms with Crippen LogP contribution in [0.15, 0.2) is 12.4 Å². The first-order valence-electron chi connectivity index (χ1n) is 2.92. The van der Waals surface area contributed by atoms with Crippen LogP contribution in [0.1, 0.15) is 0 Å². The second kappa shape index (κ2) is 4.66. The molecule has 0 saturated heterocycles. The molecule has 0 fully saturated rings. The van der Waals surface area contributed by atoms with Crippen LogP contribution in [0.5, 0.6) is 0 Å². The molecule has 0 aromatic carbocycles. The zero-order valence-corrected chi connectivity index (χ0v) is 9.35. The Bertz CT molecular complexity index is 177. The SMILES string of the molecule is C=CP(=O)([O-])O[Si](C)(C)C.[Li+]. The van der Waals surface area contributed by atoms with Gasteiger partial charge in [-0.3, -0.25) is 0 Å². The molecule has 0 saturated carbocycles. The second-order valence-corrected chi connectivity index (χ2v) is 9.33. The van der Waals surface area contributed by atoms with Crippen molar-refractivity contribution in [1.82, 2.24) is 0 Å². The Kier molecular flexibility index (Phi) is 6.04. The van der Waals surface area contributed by atoms with Crippen LogP contribution in [0.2, 0.25) is 19.6 Å². The van der Waals surface area contributed by atoms with E-state index < -0.39 is 15.9 Å². The van der Waals surface area contributed by atoms with Crippen LogP contribution in [0.25, 0.3) is 0 Å². The molecule has 0 amide bonds. The average molecular weight is 186 g/mol. The fraction of sp³-hybridized carbons (Fsp3) is 0.600. The molecule has 0 radical (unpaired) electrons. The first-order valence-corrected chi connectivity index (χ1v) is 7.94. The molecular formula is C5H12LiO3PSi. The van der Waals surface area contributed by atoms with Crippen LogP contribution in [-0.4, -0.2) is 8.32 Å². The van der Waals surface area contributed by atoms with Crippen LogP contribution in [0, 0.1) is 0 Å². The van der Waals surface area contributed by atoms with Gasteiger partial charge < -0.3 is 13.7 Å². The predicted octanol–water partition coefficient (Wildman–Crippen LogP) is -1.46. The summed E-state index contributed by atoms with van der Waals surface area (Å²) in [6.45, 7) is 8.56. The Labute approximate surface area is 80.7 Å². The molecule has 3 nitrogen and oxygen atoms in total. The van der Waals surface area contributed by atoms with Gasteiger partial charge in [-0.2, -0.15) is 0 Å². The number of rotatable bonds is 3. The van der Waals surface area contributed by atoms with Crippen LogP contribution >= 0.6 is 7.60 Å². The Hall–Kier alpha value is 0.704. The van der Waals surface area contributed by atoms with Crippen LogP contribution < -0.4 is 23.8 Å². The van der Waals surface area contributed by atoms with Gasteiger partial charge in [0.2, 0.25) is 0 Å². The Balaban J connectivity index is 0. The molecule has 0 spiro atoms. The van der Waals surface area contributed by atoms with E-state index in [1.54, 1.807) is 19.6 Å². The van der Waals surface area contributed by atoms with Gasteiger partial charge in [-0.1, -0.05) is 6.58 Å². The zero-order valence-electron chi connectivity index (χ0n) is 7.46. The quantitative estimate of drug-likeness (QED) is 0.400. The van der Waals surface area contributed by atoms with Gasteiger partial charge in [0.15, 0.2) is 8.32 Å². The summed E-state index contributed by atoms with van der Waals surface area (Å²) in [4.78, 5) is 10.7. The molecule has 11 heavy (non-hydrogen) atoms. The summed E-state index contributed by atoms with van der Waals surface area (Å²) in [5.41, 5.74) is 0. The molecule has 0 aliphatic heterocycles. The van der Waals surface area contributed by atoms with E-state index in [-0.39, 0.29) is 18.9 Å². The molecule has 0 aliphatic carbocycles. The van der Waals surface area contributed by atoms with Crippen molar-refractivity contribution in [3.05, 3.63) is 12.4 Å². The maximum absolute atomic E-state index is 10.7. The van der Waals surface area contributed by atoms with Crippen molar-refractivity contribution in [3.8, 4) is 0 Å². The summed E-state index contributed by atoms with van der Waals surface area (Å²) in [5, 5.41) is 0.